The maximum absolute atomic E-state index is 12.9. The zero-order valence-electron chi connectivity index (χ0n) is 10.7. The molecule has 2 aromatic rings. The molecule has 1 heterocycles. The molecule has 0 aliphatic heterocycles. The number of halogens is 3. The number of benzene rings is 1. The Kier molecular flexibility index (Phi) is 3.92. The van der Waals surface area contributed by atoms with Gasteiger partial charge in [0.05, 0.1) is 11.1 Å². The number of ether oxygens (including phenoxy) is 1. The number of carbonyl (C=O) groups is 1. The summed E-state index contributed by atoms with van der Waals surface area (Å²) in [6.45, 7) is 1.53. The third-order valence-corrected chi connectivity index (χ3v) is 2.82. The Hall–Kier alpha value is -2.11. The van der Waals surface area contributed by atoms with E-state index in [9.17, 15) is 18.0 Å². The summed E-state index contributed by atoms with van der Waals surface area (Å²) in [6.07, 6.45) is -2.93. The van der Waals surface area contributed by atoms with E-state index in [-0.39, 0.29) is 29.0 Å². The lowest BCUT2D eigenvalue weighted by atomic mass is 10.1. The molecule has 2 rings (SSSR count). The number of rotatable bonds is 4. The van der Waals surface area contributed by atoms with Crippen LogP contribution in [0.25, 0.3) is 10.9 Å². The van der Waals surface area contributed by atoms with Gasteiger partial charge in [-0.2, -0.15) is 13.2 Å². The normalized spacial score (nSPS) is 11.6. The van der Waals surface area contributed by atoms with Crippen LogP contribution in [-0.2, 0) is 11.0 Å². The molecule has 0 fully saturated rings. The maximum atomic E-state index is 12.9. The lowest BCUT2D eigenvalue weighted by Gasteiger charge is -2.12. The lowest BCUT2D eigenvalue weighted by molar-refractivity contribution is -0.136. The lowest BCUT2D eigenvalue weighted by Crippen LogP contribution is -2.10. The predicted molar refractivity (Wildman–Crippen MR) is 67.5 cm³/mol. The molecule has 0 bridgehead atoms. The molecule has 20 heavy (non-hydrogen) atoms. The van der Waals surface area contributed by atoms with Gasteiger partial charge in [0, 0.05) is 18.0 Å². The van der Waals surface area contributed by atoms with Crippen LogP contribution in [0.1, 0.15) is 18.9 Å². The molecule has 0 aliphatic rings. The first-order valence-electron chi connectivity index (χ1n) is 6.03. The van der Waals surface area contributed by atoms with Crippen LogP contribution in [0.2, 0.25) is 0 Å². The summed E-state index contributed by atoms with van der Waals surface area (Å²) in [5.74, 6) is 0.102. The molecule has 6 heteroatoms. The van der Waals surface area contributed by atoms with Crippen molar-refractivity contribution in [3.8, 4) is 5.75 Å². The average molecular weight is 283 g/mol. The molecular formula is C14H12F3NO2. The van der Waals surface area contributed by atoms with E-state index in [0.29, 0.717) is 6.42 Å². The molecular weight excluding hydrogens is 271 g/mol. The summed E-state index contributed by atoms with van der Waals surface area (Å²) in [4.78, 5) is 15.0. The van der Waals surface area contributed by atoms with Gasteiger partial charge in [-0.15, -0.1) is 0 Å². The summed E-state index contributed by atoms with van der Waals surface area (Å²) in [7, 11) is 0. The predicted octanol–water partition coefficient (Wildman–Crippen LogP) is 3.61. The third kappa shape index (κ3) is 2.89. The number of aromatic nitrogens is 1. The number of para-hydroxylation sites is 1. The van der Waals surface area contributed by atoms with Gasteiger partial charge < -0.3 is 4.74 Å². The minimum absolute atomic E-state index is 0.123. The van der Waals surface area contributed by atoms with Crippen molar-refractivity contribution in [2.75, 3.05) is 6.61 Å². The standard InChI is InChI=1S/C14H12F3NO2/c1-2-9(19)8-20-12-6-7-18-13-10(12)4-3-5-11(13)14(15,16)17/h3-7H,2,8H2,1H3. The number of nitrogens with zero attached hydrogens (tertiary/aromatic N) is 1. The van der Waals surface area contributed by atoms with Crippen molar-refractivity contribution >= 4 is 16.7 Å². The highest BCUT2D eigenvalue weighted by Crippen LogP contribution is 2.36. The molecule has 0 atom stereocenters. The number of hydrogen-bond donors (Lipinski definition) is 0. The van der Waals surface area contributed by atoms with Crippen LogP contribution in [0.4, 0.5) is 13.2 Å². The molecule has 1 aromatic heterocycles. The van der Waals surface area contributed by atoms with Crippen LogP contribution in [0.15, 0.2) is 30.5 Å². The van der Waals surface area contributed by atoms with E-state index in [1.165, 1.54) is 24.4 Å². The molecule has 0 unspecified atom stereocenters. The summed E-state index contributed by atoms with van der Waals surface area (Å²) in [5, 5.41) is 0.242. The summed E-state index contributed by atoms with van der Waals surface area (Å²) in [5.41, 5.74) is -0.997. The minimum Gasteiger partial charge on any atom is -0.485 e. The molecule has 0 saturated heterocycles. The largest absolute Gasteiger partial charge is 0.485 e. The molecule has 0 N–H and O–H groups in total. The molecule has 0 radical (unpaired) electrons. The summed E-state index contributed by atoms with van der Waals surface area (Å²) >= 11 is 0. The van der Waals surface area contributed by atoms with E-state index in [2.05, 4.69) is 4.98 Å². The van der Waals surface area contributed by atoms with Gasteiger partial charge in [0.15, 0.2) is 5.78 Å². The van der Waals surface area contributed by atoms with Gasteiger partial charge in [-0.3, -0.25) is 9.78 Å². The molecule has 0 spiro atoms. The van der Waals surface area contributed by atoms with Gasteiger partial charge in [0.1, 0.15) is 12.4 Å². The average Bonchev–Trinajstić information content (AvgIpc) is 2.42. The van der Waals surface area contributed by atoms with Crippen molar-refractivity contribution in [1.29, 1.82) is 0 Å². The second-order valence-electron chi connectivity index (χ2n) is 4.19. The Labute approximate surface area is 113 Å². The van der Waals surface area contributed by atoms with Crippen molar-refractivity contribution in [2.45, 2.75) is 19.5 Å². The number of ketones is 1. The van der Waals surface area contributed by atoms with Crippen molar-refractivity contribution in [1.82, 2.24) is 4.98 Å². The third-order valence-electron chi connectivity index (χ3n) is 2.82. The number of hydrogen-bond acceptors (Lipinski definition) is 3. The Morgan fingerprint density at radius 1 is 1.30 bits per heavy atom. The molecule has 106 valence electrons. The topological polar surface area (TPSA) is 39.2 Å². The smallest absolute Gasteiger partial charge is 0.418 e. The van der Waals surface area contributed by atoms with Crippen LogP contribution in [0.5, 0.6) is 5.75 Å². The number of carbonyl (C=O) groups excluding carboxylic acids is 1. The van der Waals surface area contributed by atoms with Crippen LogP contribution in [0, 0.1) is 0 Å². The van der Waals surface area contributed by atoms with Gasteiger partial charge in [0.25, 0.3) is 0 Å². The molecule has 3 nitrogen and oxygen atoms in total. The Morgan fingerprint density at radius 2 is 2.05 bits per heavy atom. The Morgan fingerprint density at radius 3 is 2.70 bits per heavy atom. The van der Waals surface area contributed by atoms with Crippen LogP contribution >= 0.6 is 0 Å². The van der Waals surface area contributed by atoms with Gasteiger partial charge in [0.2, 0.25) is 0 Å². The molecule has 0 amide bonds. The molecule has 0 saturated carbocycles. The summed E-state index contributed by atoms with van der Waals surface area (Å²) in [6, 6.07) is 5.20. The number of pyridine rings is 1. The van der Waals surface area contributed by atoms with Gasteiger partial charge in [-0.1, -0.05) is 13.0 Å². The zero-order valence-corrected chi connectivity index (χ0v) is 10.7. The highest BCUT2D eigenvalue weighted by atomic mass is 19.4. The monoisotopic (exact) mass is 283 g/mol. The number of Topliss-reactive ketones (excluding diaryl/α,β-unsaturated/α-hetero) is 1. The first-order chi connectivity index (χ1) is 9.43. The number of alkyl halides is 3. The Balaban J connectivity index is 2.46. The number of fused-ring (bicyclic) bond motifs is 1. The van der Waals surface area contributed by atoms with E-state index in [0.717, 1.165) is 6.07 Å². The van der Waals surface area contributed by atoms with E-state index < -0.39 is 11.7 Å². The fraction of sp³-hybridized carbons (Fsp3) is 0.286. The van der Waals surface area contributed by atoms with Crippen molar-refractivity contribution in [3.63, 3.8) is 0 Å². The fourth-order valence-corrected chi connectivity index (χ4v) is 1.77. The van der Waals surface area contributed by atoms with Crippen LogP contribution in [0.3, 0.4) is 0 Å². The Bertz CT molecular complexity index is 638. The van der Waals surface area contributed by atoms with Gasteiger partial charge in [-0.05, 0) is 18.2 Å². The van der Waals surface area contributed by atoms with E-state index in [4.69, 9.17) is 4.74 Å². The fourth-order valence-electron chi connectivity index (χ4n) is 1.77. The van der Waals surface area contributed by atoms with Crippen molar-refractivity contribution in [2.24, 2.45) is 0 Å². The quantitative estimate of drug-likeness (QED) is 0.860. The van der Waals surface area contributed by atoms with E-state index in [1.54, 1.807) is 6.92 Å². The maximum Gasteiger partial charge on any atom is 0.418 e. The SMILES string of the molecule is CCC(=O)COc1ccnc2c(C(F)(F)F)cccc12. The van der Waals surface area contributed by atoms with Crippen LogP contribution in [-0.4, -0.2) is 17.4 Å². The van der Waals surface area contributed by atoms with Crippen LogP contribution < -0.4 is 4.74 Å². The zero-order chi connectivity index (χ0) is 14.8. The highest BCUT2D eigenvalue weighted by Gasteiger charge is 2.33. The first-order valence-corrected chi connectivity index (χ1v) is 6.03. The minimum atomic E-state index is -4.48. The second kappa shape index (κ2) is 5.48. The van der Waals surface area contributed by atoms with Crippen molar-refractivity contribution < 1.29 is 22.7 Å². The second-order valence-corrected chi connectivity index (χ2v) is 4.19. The molecule has 0 aliphatic carbocycles. The van der Waals surface area contributed by atoms with Gasteiger partial charge >= 0.3 is 6.18 Å². The molecule has 1 aromatic carbocycles. The summed E-state index contributed by atoms with van der Waals surface area (Å²) < 4.78 is 43.9. The highest BCUT2D eigenvalue weighted by molar-refractivity contribution is 5.88. The van der Waals surface area contributed by atoms with E-state index >= 15 is 0 Å². The van der Waals surface area contributed by atoms with E-state index in [1.807, 2.05) is 0 Å². The van der Waals surface area contributed by atoms with Crippen molar-refractivity contribution in [3.05, 3.63) is 36.0 Å². The van der Waals surface area contributed by atoms with Gasteiger partial charge in [-0.25, -0.2) is 0 Å². The first kappa shape index (κ1) is 14.3.